The number of nitrogens with zero attached hydrogens (tertiary/aromatic N) is 4. The second kappa shape index (κ2) is 7.99. The smallest absolute Gasteiger partial charge is 0.251 e. The monoisotopic (exact) mass is 318 g/mol. The van der Waals surface area contributed by atoms with Gasteiger partial charge < -0.3 is 0 Å². The van der Waals surface area contributed by atoms with Crippen molar-refractivity contribution in [3.8, 4) is 0 Å². The van der Waals surface area contributed by atoms with Gasteiger partial charge in [0.2, 0.25) is 0 Å². The van der Waals surface area contributed by atoms with E-state index in [-0.39, 0.29) is 24.9 Å². The lowest BCUT2D eigenvalue weighted by Gasteiger charge is -2.27. The number of carbonyl (C=O) groups is 1. The molecule has 0 aliphatic heterocycles. The number of hydrogen-bond donors (Lipinski definition) is 1. The molecule has 0 radical (unpaired) electrons. The van der Waals surface area contributed by atoms with Crippen LogP contribution in [0.3, 0.4) is 0 Å². The van der Waals surface area contributed by atoms with E-state index in [0.717, 1.165) is 10.6 Å². The van der Waals surface area contributed by atoms with Gasteiger partial charge in [0.25, 0.3) is 5.91 Å². The zero-order chi connectivity index (χ0) is 17.6. The predicted octanol–water partition coefficient (Wildman–Crippen LogP) is 4.04. The lowest BCUT2D eigenvalue weighted by molar-refractivity contribution is -0.176. The molecular formula is C17H26N4O2. The van der Waals surface area contributed by atoms with Crippen molar-refractivity contribution in [2.75, 3.05) is 13.1 Å². The topological polar surface area (TPSA) is 89.3 Å². The molecule has 0 bridgehead atoms. The summed E-state index contributed by atoms with van der Waals surface area (Å²) in [5, 5.41) is 14.4. The van der Waals surface area contributed by atoms with Gasteiger partial charge >= 0.3 is 0 Å². The van der Waals surface area contributed by atoms with Crippen molar-refractivity contribution < 1.29 is 10.0 Å². The first-order valence-electron chi connectivity index (χ1n) is 7.73. The van der Waals surface area contributed by atoms with Crippen LogP contribution in [0.4, 0.5) is 0 Å². The first-order chi connectivity index (χ1) is 10.6. The Morgan fingerprint density at radius 3 is 2.52 bits per heavy atom. The van der Waals surface area contributed by atoms with E-state index in [1.54, 1.807) is 20.8 Å². The third-order valence-corrected chi connectivity index (χ3v) is 3.81. The van der Waals surface area contributed by atoms with Gasteiger partial charge in [-0.05, 0) is 48.4 Å². The summed E-state index contributed by atoms with van der Waals surface area (Å²) in [6.45, 7) is 9.73. The van der Waals surface area contributed by atoms with Crippen molar-refractivity contribution in [3.05, 3.63) is 45.3 Å². The third kappa shape index (κ3) is 5.93. The van der Waals surface area contributed by atoms with Gasteiger partial charge in [-0.15, -0.1) is 0 Å². The molecule has 1 aromatic carbocycles. The first-order valence-corrected chi connectivity index (χ1v) is 7.73. The van der Waals surface area contributed by atoms with Gasteiger partial charge in [0.15, 0.2) is 0 Å². The second-order valence-electron chi connectivity index (χ2n) is 7.04. The quantitative estimate of drug-likeness (QED) is 0.282. The Kier molecular flexibility index (Phi) is 6.61. The molecule has 23 heavy (non-hydrogen) atoms. The Balaban J connectivity index is 2.85. The van der Waals surface area contributed by atoms with Crippen LogP contribution in [-0.2, 0) is 11.2 Å². The Morgan fingerprint density at radius 1 is 1.35 bits per heavy atom. The fraction of sp³-hybridized carbons (Fsp3) is 0.588. The summed E-state index contributed by atoms with van der Waals surface area (Å²) in [6, 6.07) is 6.16. The van der Waals surface area contributed by atoms with E-state index in [0.29, 0.717) is 6.42 Å². The minimum atomic E-state index is -0.655. The van der Waals surface area contributed by atoms with Crippen LogP contribution in [0.5, 0.6) is 0 Å². The van der Waals surface area contributed by atoms with Gasteiger partial charge in [0, 0.05) is 16.9 Å². The van der Waals surface area contributed by atoms with Gasteiger partial charge in [0.05, 0.1) is 6.54 Å². The van der Waals surface area contributed by atoms with Crippen molar-refractivity contribution in [2.24, 2.45) is 16.4 Å². The van der Waals surface area contributed by atoms with E-state index in [2.05, 4.69) is 16.1 Å². The van der Waals surface area contributed by atoms with Crippen LogP contribution in [-0.4, -0.2) is 29.3 Å². The maximum absolute atomic E-state index is 12.1. The molecular weight excluding hydrogens is 292 g/mol. The van der Waals surface area contributed by atoms with Crippen LogP contribution in [0.15, 0.2) is 23.3 Å². The number of carbonyl (C=O) groups excluding carboxylic acids is 1. The number of hydrogen-bond acceptors (Lipinski definition) is 3. The Bertz CT molecular complexity index is 601. The standard InChI is InChI=1S/C17H26N4O2/c1-12-6-7-14(8-13(12)2)9-15(10-19-20-18)11-21(23)16(22)17(3,4)5/h6-8,15,23H,9-11H2,1-5H3. The molecule has 0 aromatic heterocycles. The second-order valence-corrected chi connectivity index (χ2v) is 7.04. The normalized spacial score (nSPS) is 12.4. The summed E-state index contributed by atoms with van der Waals surface area (Å²) in [5.41, 5.74) is 11.4. The molecule has 1 atom stereocenters. The molecule has 6 nitrogen and oxygen atoms in total. The molecule has 126 valence electrons. The summed E-state index contributed by atoms with van der Waals surface area (Å²) in [6.07, 6.45) is 0.634. The van der Waals surface area contributed by atoms with E-state index < -0.39 is 5.41 Å². The van der Waals surface area contributed by atoms with Gasteiger partial charge in [-0.25, -0.2) is 5.06 Å². The molecule has 0 aliphatic carbocycles. The average Bonchev–Trinajstić information content (AvgIpc) is 2.46. The van der Waals surface area contributed by atoms with Gasteiger partial charge in [-0.2, -0.15) is 0 Å². The van der Waals surface area contributed by atoms with Crippen molar-refractivity contribution in [1.29, 1.82) is 0 Å². The highest BCUT2D eigenvalue weighted by Gasteiger charge is 2.28. The summed E-state index contributed by atoms with van der Waals surface area (Å²) in [5.74, 6) is -0.479. The zero-order valence-electron chi connectivity index (χ0n) is 14.6. The first kappa shape index (κ1) is 19.0. The number of amides is 1. The number of benzene rings is 1. The molecule has 0 fully saturated rings. The molecule has 6 heteroatoms. The number of rotatable bonds is 6. The van der Waals surface area contributed by atoms with Crippen LogP contribution in [0, 0.1) is 25.2 Å². The Hall–Kier alpha value is -2.04. The van der Waals surface area contributed by atoms with Crippen molar-refractivity contribution in [1.82, 2.24) is 5.06 Å². The Labute approximate surface area is 137 Å². The molecule has 0 saturated carbocycles. The van der Waals surface area contributed by atoms with Crippen LogP contribution < -0.4 is 0 Å². The minimum Gasteiger partial charge on any atom is -0.286 e. The van der Waals surface area contributed by atoms with E-state index in [4.69, 9.17) is 5.53 Å². The number of hydroxylamine groups is 2. The van der Waals surface area contributed by atoms with Gasteiger partial charge in [0.1, 0.15) is 0 Å². The lowest BCUT2D eigenvalue weighted by atomic mass is 9.93. The largest absolute Gasteiger partial charge is 0.286 e. The third-order valence-electron chi connectivity index (χ3n) is 3.81. The molecule has 0 aliphatic rings. The van der Waals surface area contributed by atoms with Crippen LogP contribution in [0.25, 0.3) is 10.4 Å². The highest BCUT2D eigenvalue weighted by Crippen LogP contribution is 2.19. The van der Waals surface area contributed by atoms with E-state index in [1.165, 1.54) is 11.1 Å². The molecule has 1 aromatic rings. The zero-order valence-corrected chi connectivity index (χ0v) is 14.6. The maximum atomic E-state index is 12.1. The molecule has 1 unspecified atom stereocenters. The molecule has 0 heterocycles. The van der Waals surface area contributed by atoms with E-state index >= 15 is 0 Å². The molecule has 0 spiro atoms. The number of azide groups is 1. The fourth-order valence-corrected chi connectivity index (χ4v) is 2.32. The summed E-state index contributed by atoms with van der Waals surface area (Å²) in [7, 11) is 0. The molecule has 1 N–H and O–H groups in total. The van der Waals surface area contributed by atoms with Crippen LogP contribution >= 0.6 is 0 Å². The van der Waals surface area contributed by atoms with E-state index in [9.17, 15) is 10.0 Å². The highest BCUT2D eigenvalue weighted by atomic mass is 16.5. The molecule has 0 saturated heterocycles. The summed E-state index contributed by atoms with van der Waals surface area (Å²) in [4.78, 5) is 14.9. The van der Waals surface area contributed by atoms with E-state index in [1.807, 2.05) is 26.0 Å². The Morgan fingerprint density at radius 2 is 2.00 bits per heavy atom. The van der Waals surface area contributed by atoms with Crippen LogP contribution in [0.2, 0.25) is 0 Å². The molecule has 1 amide bonds. The van der Waals surface area contributed by atoms with Crippen molar-refractivity contribution >= 4 is 5.91 Å². The van der Waals surface area contributed by atoms with Crippen molar-refractivity contribution in [3.63, 3.8) is 0 Å². The van der Waals surface area contributed by atoms with Crippen LogP contribution in [0.1, 0.15) is 37.5 Å². The minimum absolute atomic E-state index is 0.135. The summed E-state index contributed by atoms with van der Waals surface area (Å²) >= 11 is 0. The fourth-order valence-electron chi connectivity index (χ4n) is 2.32. The average molecular weight is 318 g/mol. The van der Waals surface area contributed by atoms with Gasteiger partial charge in [-0.1, -0.05) is 44.1 Å². The SMILES string of the molecule is Cc1ccc(CC(CN=[N+]=[N-])CN(O)C(=O)C(C)(C)C)cc1C. The number of aryl methyl sites for hydroxylation is 2. The van der Waals surface area contributed by atoms with Gasteiger partial charge in [-0.3, -0.25) is 10.0 Å². The highest BCUT2D eigenvalue weighted by molar-refractivity contribution is 5.80. The summed E-state index contributed by atoms with van der Waals surface area (Å²) < 4.78 is 0. The maximum Gasteiger partial charge on any atom is 0.251 e. The molecule has 1 rings (SSSR count). The predicted molar refractivity (Wildman–Crippen MR) is 90.1 cm³/mol. The van der Waals surface area contributed by atoms with Crippen molar-refractivity contribution in [2.45, 2.75) is 41.0 Å². The lowest BCUT2D eigenvalue weighted by Crippen LogP contribution is -2.40.